The maximum absolute atomic E-state index is 12.1. The Morgan fingerprint density at radius 2 is 2.04 bits per heavy atom. The van der Waals surface area contributed by atoms with Crippen molar-refractivity contribution in [2.24, 2.45) is 0 Å². The number of fused-ring (bicyclic) bond motifs is 1. The molecule has 1 aromatic rings. The van der Waals surface area contributed by atoms with E-state index in [2.05, 4.69) is 9.88 Å². The molecule has 3 heterocycles. The van der Waals surface area contributed by atoms with E-state index >= 15 is 0 Å². The van der Waals surface area contributed by atoms with Gasteiger partial charge < -0.3 is 24.5 Å². The Hall–Kier alpha value is -2.36. The van der Waals surface area contributed by atoms with Gasteiger partial charge in [0, 0.05) is 31.2 Å². The van der Waals surface area contributed by atoms with Crippen molar-refractivity contribution in [1.29, 1.82) is 0 Å². The average Bonchev–Trinajstić information content (AvgIpc) is 3.09. The molecule has 28 heavy (non-hydrogen) atoms. The van der Waals surface area contributed by atoms with Crippen LogP contribution in [0.5, 0.6) is 6.01 Å². The third-order valence-corrected chi connectivity index (χ3v) is 4.96. The number of aromatic nitrogens is 2. The highest BCUT2D eigenvalue weighted by Crippen LogP contribution is 2.33. The van der Waals surface area contributed by atoms with Crippen LogP contribution in [0.2, 0.25) is 0 Å². The van der Waals surface area contributed by atoms with E-state index in [1.807, 2.05) is 27.7 Å². The second kappa shape index (κ2) is 7.57. The molecule has 0 aromatic carbocycles. The molecule has 0 radical (unpaired) electrons. The van der Waals surface area contributed by atoms with E-state index in [0.29, 0.717) is 25.6 Å². The number of carbonyl (C=O) groups is 1. The van der Waals surface area contributed by atoms with Gasteiger partial charge in [0.15, 0.2) is 0 Å². The summed E-state index contributed by atoms with van der Waals surface area (Å²) in [5.41, 5.74) is -0.866. The quantitative estimate of drug-likeness (QED) is 0.556. The number of imidazole rings is 1. The highest BCUT2D eigenvalue weighted by atomic mass is 16.6. The Kier molecular flexibility index (Phi) is 5.51. The molecular weight excluding hydrogens is 366 g/mol. The van der Waals surface area contributed by atoms with Crippen molar-refractivity contribution in [1.82, 2.24) is 19.4 Å². The molecule has 0 bridgehead atoms. The van der Waals surface area contributed by atoms with Crippen LogP contribution >= 0.6 is 0 Å². The van der Waals surface area contributed by atoms with Crippen LogP contribution in [0.25, 0.3) is 0 Å². The maximum atomic E-state index is 12.1. The highest BCUT2D eigenvalue weighted by Gasteiger charge is 2.40. The number of carbonyl (C=O) groups excluding carboxylic acids is 1. The van der Waals surface area contributed by atoms with Gasteiger partial charge in [-0.25, -0.2) is 4.79 Å². The molecule has 156 valence electrons. The summed E-state index contributed by atoms with van der Waals surface area (Å²) in [6.45, 7) is 12.1. The molecule has 10 heteroatoms. The van der Waals surface area contributed by atoms with Crippen molar-refractivity contribution in [3.05, 3.63) is 16.3 Å². The lowest BCUT2D eigenvalue weighted by atomic mass is 10.00. The molecule has 0 N–H and O–H groups in total. The summed E-state index contributed by atoms with van der Waals surface area (Å²) in [6.07, 6.45) is 2.95. The van der Waals surface area contributed by atoms with Crippen LogP contribution in [0.1, 0.15) is 40.5 Å². The molecule has 0 spiro atoms. The average molecular weight is 395 g/mol. The zero-order chi connectivity index (χ0) is 20.5. The van der Waals surface area contributed by atoms with Crippen LogP contribution in [0.4, 0.5) is 10.6 Å². The lowest BCUT2D eigenvalue weighted by Crippen LogP contribution is -2.50. The number of nitrogens with zero attached hydrogens (tertiary/aromatic N) is 5. The van der Waals surface area contributed by atoms with Crippen LogP contribution in [0.15, 0.2) is 6.20 Å². The molecule has 1 saturated heterocycles. The zero-order valence-electron chi connectivity index (χ0n) is 17.0. The minimum absolute atomic E-state index is 0.181. The van der Waals surface area contributed by atoms with Gasteiger partial charge in [0.1, 0.15) is 17.4 Å². The third-order valence-electron chi connectivity index (χ3n) is 4.96. The lowest BCUT2D eigenvalue weighted by molar-refractivity contribution is -0.389. The summed E-state index contributed by atoms with van der Waals surface area (Å²) in [7, 11) is 0. The van der Waals surface area contributed by atoms with Crippen molar-refractivity contribution >= 4 is 11.9 Å². The zero-order valence-corrected chi connectivity index (χ0v) is 17.0. The van der Waals surface area contributed by atoms with Gasteiger partial charge in [-0.3, -0.25) is 9.47 Å². The molecular formula is C18H29N5O5. The number of amides is 1. The number of hydrogen-bond donors (Lipinski definition) is 0. The summed E-state index contributed by atoms with van der Waals surface area (Å²) < 4.78 is 13.0. The van der Waals surface area contributed by atoms with E-state index in [1.54, 1.807) is 9.47 Å². The summed E-state index contributed by atoms with van der Waals surface area (Å²) in [5.74, 6) is -0.181. The molecule has 3 rings (SSSR count). The fourth-order valence-corrected chi connectivity index (χ4v) is 3.57. The Labute approximate surface area is 164 Å². The van der Waals surface area contributed by atoms with Crippen molar-refractivity contribution in [2.75, 3.05) is 32.7 Å². The minimum Gasteiger partial charge on any atom is -0.444 e. The summed E-state index contributed by atoms with van der Waals surface area (Å²) in [6, 6.07) is 0.320. The molecule has 2 aliphatic rings. The molecule has 1 amide bonds. The molecule has 0 saturated carbocycles. The number of rotatable bonds is 5. The Morgan fingerprint density at radius 3 is 2.61 bits per heavy atom. The summed E-state index contributed by atoms with van der Waals surface area (Å²) in [4.78, 5) is 30.4. The van der Waals surface area contributed by atoms with Gasteiger partial charge in [-0.05, 0) is 52.0 Å². The van der Waals surface area contributed by atoms with E-state index in [0.717, 1.165) is 32.5 Å². The predicted molar refractivity (Wildman–Crippen MR) is 101 cm³/mol. The molecule has 10 nitrogen and oxygen atoms in total. The minimum atomic E-state index is -0.511. The number of ether oxygens (including phenoxy) is 2. The van der Waals surface area contributed by atoms with E-state index in [9.17, 15) is 14.9 Å². The summed E-state index contributed by atoms with van der Waals surface area (Å²) >= 11 is 0. The van der Waals surface area contributed by atoms with E-state index < -0.39 is 16.1 Å². The normalized spacial score (nSPS) is 22.6. The lowest BCUT2D eigenvalue weighted by Gasteiger charge is -2.36. The molecule has 2 aliphatic heterocycles. The van der Waals surface area contributed by atoms with Gasteiger partial charge in [-0.1, -0.05) is 0 Å². The standard InChI is InChI=1S/C18H29N5O5/c1-17(2,3)28-16(24)21-10-8-20(9-11-21)7-5-6-18(4)13-22-12-14(23(25)26)19-15(22)27-18/h12H,5-11,13H2,1-4H3. The fraction of sp³-hybridized carbons (Fsp3) is 0.778. The van der Waals surface area contributed by atoms with E-state index in [1.165, 1.54) is 6.20 Å². The first-order valence-electron chi connectivity index (χ1n) is 9.66. The predicted octanol–water partition coefficient (Wildman–Crippen LogP) is 2.28. The monoisotopic (exact) mass is 395 g/mol. The van der Waals surface area contributed by atoms with Crippen LogP contribution in [0.3, 0.4) is 0 Å². The van der Waals surface area contributed by atoms with Crippen molar-refractivity contribution in [3.8, 4) is 6.01 Å². The highest BCUT2D eigenvalue weighted by molar-refractivity contribution is 5.68. The maximum Gasteiger partial charge on any atom is 0.414 e. The Balaban J connectivity index is 1.39. The van der Waals surface area contributed by atoms with Gasteiger partial charge >= 0.3 is 17.9 Å². The summed E-state index contributed by atoms with van der Waals surface area (Å²) in [5, 5.41) is 10.8. The molecule has 1 atom stereocenters. The SMILES string of the molecule is CC(C)(C)OC(=O)N1CCN(CCCC2(C)Cn3cc([N+](=O)[O-])nc3O2)CC1. The molecule has 1 unspecified atom stereocenters. The number of nitro groups is 1. The smallest absolute Gasteiger partial charge is 0.414 e. The van der Waals surface area contributed by atoms with E-state index in [-0.39, 0.29) is 11.9 Å². The Bertz CT molecular complexity index is 710. The van der Waals surface area contributed by atoms with Crippen molar-refractivity contribution in [3.63, 3.8) is 0 Å². The Morgan fingerprint density at radius 1 is 1.36 bits per heavy atom. The van der Waals surface area contributed by atoms with Crippen molar-refractivity contribution in [2.45, 2.75) is 58.3 Å². The van der Waals surface area contributed by atoms with Gasteiger partial charge in [-0.15, -0.1) is 0 Å². The van der Waals surface area contributed by atoms with Gasteiger partial charge in [0.05, 0.1) is 6.54 Å². The van der Waals surface area contributed by atoms with Gasteiger partial charge in [-0.2, -0.15) is 0 Å². The fourth-order valence-electron chi connectivity index (χ4n) is 3.57. The first-order valence-corrected chi connectivity index (χ1v) is 9.66. The number of hydrogen-bond acceptors (Lipinski definition) is 7. The molecule has 1 aromatic heterocycles. The number of piperazine rings is 1. The van der Waals surface area contributed by atoms with Crippen LogP contribution in [-0.2, 0) is 11.3 Å². The third kappa shape index (κ3) is 4.92. The molecule has 1 fully saturated rings. The first-order chi connectivity index (χ1) is 13.0. The van der Waals surface area contributed by atoms with Gasteiger partial charge in [0.2, 0.25) is 0 Å². The van der Waals surface area contributed by atoms with Crippen LogP contribution in [-0.4, -0.2) is 74.3 Å². The topological polar surface area (TPSA) is 103 Å². The largest absolute Gasteiger partial charge is 0.444 e. The molecule has 0 aliphatic carbocycles. The van der Waals surface area contributed by atoms with Crippen LogP contribution in [0, 0.1) is 10.1 Å². The second-order valence-electron chi connectivity index (χ2n) is 8.73. The van der Waals surface area contributed by atoms with Crippen molar-refractivity contribution < 1.29 is 19.2 Å². The van der Waals surface area contributed by atoms with E-state index in [4.69, 9.17) is 9.47 Å². The van der Waals surface area contributed by atoms with Crippen LogP contribution < -0.4 is 4.74 Å². The first kappa shape index (κ1) is 20.4. The van der Waals surface area contributed by atoms with Gasteiger partial charge in [0.25, 0.3) is 0 Å². The second-order valence-corrected chi connectivity index (χ2v) is 8.73.